The van der Waals surface area contributed by atoms with Crippen LogP contribution in [0, 0.1) is 6.92 Å². The molecule has 2 aromatic rings. The minimum Gasteiger partial charge on any atom is -0.356 e. The molecule has 1 aliphatic rings. The Labute approximate surface area is 201 Å². The molecule has 1 saturated heterocycles. The van der Waals surface area contributed by atoms with Gasteiger partial charge in [-0.25, -0.2) is 13.4 Å². The molecule has 0 saturated carbocycles. The number of hydrogen-bond donors (Lipinski definition) is 3. The number of rotatable bonds is 7. The van der Waals surface area contributed by atoms with Crippen molar-refractivity contribution >= 4 is 51.4 Å². The van der Waals surface area contributed by atoms with Crippen LogP contribution in [-0.2, 0) is 21.2 Å². The number of aliphatic imine (C=N–C) groups is 1. The van der Waals surface area contributed by atoms with Crippen molar-refractivity contribution in [1.82, 2.24) is 10.6 Å². The third-order valence-electron chi connectivity index (χ3n) is 4.82. The van der Waals surface area contributed by atoms with Gasteiger partial charge in [0.25, 0.3) is 0 Å². The molecular formula is C22H29IN4O3S. The Morgan fingerprint density at radius 1 is 1.10 bits per heavy atom. The Morgan fingerprint density at radius 2 is 1.81 bits per heavy atom. The van der Waals surface area contributed by atoms with Crippen molar-refractivity contribution in [3.8, 4) is 0 Å². The van der Waals surface area contributed by atoms with Gasteiger partial charge in [-0.05, 0) is 31.0 Å². The monoisotopic (exact) mass is 556 g/mol. The fourth-order valence-corrected chi connectivity index (χ4v) is 4.84. The zero-order valence-electron chi connectivity index (χ0n) is 17.5. The molecule has 1 unspecified atom stereocenters. The summed E-state index contributed by atoms with van der Waals surface area (Å²) in [5.41, 5.74) is 3.19. The quantitative estimate of drug-likeness (QED) is 0.277. The van der Waals surface area contributed by atoms with Gasteiger partial charge in [0.2, 0.25) is 5.91 Å². The number of anilines is 1. The third-order valence-corrected chi connectivity index (χ3v) is 6.59. The largest absolute Gasteiger partial charge is 0.356 e. The van der Waals surface area contributed by atoms with Crippen molar-refractivity contribution in [2.75, 3.05) is 23.4 Å². The molecule has 3 rings (SSSR count). The predicted molar refractivity (Wildman–Crippen MR) is 136 cm³/mol. The molecule has 0 aliphatic carbocycles. The molecule has 7 nitrogen and oxygen atoms in total. The van der Waals surface area contributed by atoms with E-state index in [1.54, 1.807) is 0 Å². The fourth-order valence-electron chi connectivity index (χ4n) is 3.16. The first kappa shape index (κ1) is 25.1. The molecule has 0 bridgehead atoms. The summed E-state index contributed by atoms with van der Waals surface area (Å²) in [6.07, 6.45) is 0.719. The number of aryl methyl sites for hydroxylation is 1. The molecule has 31 heavy (non-hydrogen) atoms. The number of sulfone groups is 1. The molecule has 2 aromatic carbocycles. The zero-order chi connectivity index (χ0) is 21.4. The topological polar surface area (TPSA) is 99.7 Å². The molecular weight excluding hydrogens is 527 g/mol. The van der Waals surface area contributed by atoms with Crippen LogP contribution in [0.25, 0.3) is 0 Å². The number of carbonyl (C=O) groups is 1. The number of para-hydroxylation sites is 1. The molecule has 1 atom stereocenters. The van der Waals surface area contributed by atoms with Gasteiger partial charge >= 0.3 is 0 Å². The van der Waals surface area contributed by atoms with Crippen molar-refractivity contribution in [3.05, 3.63) is 65.7 Å². The summed E-state index contributed by atoms with van der Waals surface area (Å²) in [5, 5.41) is 9.23. The van der Waals surface area contributed by atoms with Crippen LogP contribution in [-0.4, -0.2) is 44.4 Å². The lowest BCUT2D eigenvalue weighted by atomic mass is 10.1. The minimum atomic E-state index is -3.01. The lowest BCUT2D eigenvalue weighted by Gasteiger charge is -2.14. The summed E-state index contributed by atoms with van der Waals surface area (Å²) < 4.78 is 23.0. The number of halogens is 1. The third kappa shape index (κ3) is 8.86. The molecule has 0 aromatic heterocycles. The first-order valence-electron chi connectivity index (χ1n) is 10.1. The summed E-state index contributed by atoms with van der Waals surface area (Å²) in [6, 6.07) is 17.6. The van der Waals surface area contributed by atoms with Crippen LogP contribution in [0.2, 0.25) is 0 Å². The van der Waals surface area contributed by atoms with Gasteiger partial charge in [-0.3, -0.25) is 4.79 Å². The number of carbonyl (C=O) groups excluding carboxylic acids is 1. The van der Waals surface area contributed by atoms with Crippen LogP contribution in [0.5, 0.6) is 0 Å². The minimum absolute atomic E-state index is 0. The number of amides is 1. The number of nitrogens with one attached hydrogen (secondary N) is 3. The highest BCUT2D eigenvalue weighted by molar-refractivity contribution is 14.0. The second kappa shape index (κ2) is 12.0. The van der Waals surface area contributed by atoms with Crippen LogP contribution in [0.4, 0.5) is 5.69 Å². The zero-order valence-corrected chi connectivity index (χ0v) is 20.7. The normalized spacial score (nSPS) is 17.5. The Balaban J connectivity index is 0.00000341. The smallest absolute Gasteiger partial charge is 0.222 e. The van der Waals surface area contributed by atoms with E-state index in [0.29, 0.717) is 25.5 Å². The second-order valence-electron chi connectivity index (χ2n) is 7.49. The molecule has 0 radical (unpaired) electrons. The Hall–Kier alpha value is -2.14. The van der Waals surface area contributed by atoms with Crippen LogP contribution < -0.4 is 16.0 Å². The van der Waals surface area contributed by atoms with Gasteiger partial charge in [0.1, 0.15) is 0 Å². The number of guanidine groups is 1. The average Bonchev–Trinajstić information content (AvgIpc) is 3.06. The van der Waals surface area contributed by atoms with Gasteiger partial charge in [-0.2, -0.15) is 0 Å². The number of benzene rings is 2. The molecule has 168 valence electrons. The van der Waals surface area contributed by atoms with Crippen molar-refractivity contribution in [3.63, 3.8) is 0 Å². The number of nitrogens with zero attached hydrogens (tertiary/aromatic N) is 1. The average molecular weight is 556 g/mol. The summed E-state index contributed by atoms with van der Waals surface area (Å²) >= 11 is 0. The van der Waals surface area contributed by atoms with E-state index in [-0.39, 0.29) is 53.9 Å². The summed E-state index contributed by atoms with van der Waals surface area (Å²) in [4.78, 5) is 16.8. The van der Waals surface area contributed by atoms with Gasteiger partial charge in [-0.1, -0.05) is 48.0 Å². The highest BCUT2D eigenvalue weighted by atomic mass is 127. The van der Waals surface area contributed by atoms with Gasteiger partial charge in [-0.15, -0.1) is 24.0 Å². The molecule has 1 aliphatic heterocycles. The van der Waals surface area contributed by atoms with Crippen molar-refractivity contribution in [2.45, 2.75) is 32.4 Å². The van der Waals surface area contributed by atoms with Crippen LogP contribution in [0.1, 0.15) is 24.0 Å². The summed E-state index contributed by atoms with van der Waals surface area (Å²) in [5.74, 6) is 0.595. The maximum atomic E-state index is 12.2. The van der Waals surface area contributed by atoms with Gasteiger partial charge in [0.15, 0.2) is 15.8 Å². The van der Waals surface area contributed by atoms with E-state index in [9.17, 15) is 13.2 Å². The molecule has 3 N–H and O–H groups in total. The van der Waals surface area contributed by atoms with E-state index < -0.39 is 9.84 Å². The summed E-state index contributed by atoms with van der Waals surface area (Å²) in [6.45, 7) is 2.94. The van der Waals surface area contributed by atoms with Gasteiger partial charge in [0, 0.05) is 24.7 Å². The van der Waals surface area contributed by atoms with Crippen molar-refractivity contribution in [1.29, 1.82) is 0 Å². The van der Waals surface area contributed by atoms with Gasteiger partial charge < -0.3 is 16.0 Å². The van der Waals surface area contributed by atoms with Crippen molar-refractivity contribution < 1.29 is 13.2 Å². The molecule has 9 heteroatoms. The second-order valence-corrected chi connectivity index (χ2v) is 9.71. The standard InChI is InChI=1S/C22H28N4O3S.HI/c1-17-7-9-18(10-8-17)15-24-22(26-19-5-3-2-4-6-19)23-13-11-21(27)25-20-12-14-30(28,29)16-20;/h2-10,20H,11-16H2,1H3,(H,25,27)(H2,23,24,26);1H. The molecule has 1 heterocycles. The van der Waals surface area contributed by atoms with E-state index in [1.807, 2.05) is 49.4 Å². The first-order valence-corrected chi connectivity index (χ1v) is 11.9. The summed E-state index contributed by atoms with van der Waals surface area (Å²) in [7, 11) is -3.01. The van der Waals surface area contributed by atoms with E-state index in [1.165, 1.54) is 5.56 Å². The van der Waals surface area contributed by atoms with Gasteiger partial charge in [0.05, 0.1) is 18.1 Å². The highest BCUT2D eigenvalue weighted by Crippen LogP contribution is 2.11. The maximum absolute atomic E-state index is 12.2. The lowest BCUT2D eigenvalue weighted by Crippen LogP contribution is -2.39. The van der Waals surface area contributed by atoms with Crippen molar-refractivity contribution in [2.24, 2.45) is 4.99 Å². The maximum Gasteiger partial charge on any atom is 0.222 e. The van der Waals surface area contributed by atoms with E-state index in [0.717, 1.165) is 11.3 Å². The molecule has 0 spiro atoms. The first-order chi connectivity index (χ1) is 14.4. The van der Waals surface area contributed by atoms with Crippen LogP contribution >= 0.6 is 24.0 Å². The Bertz CT molecular complexity index is 980. The number of hydrogen-bond acceptors (Lipinski definition) is 4. The molecule has 1 amide bonds. The Morgan fingerprint density at radius 3 is 2.45 bits per heavy atom. The van der Waals surface area contributed by atoms with E-state index >= 15 is 0 Å². The van der Waals surface area contributed by atoms with E-state index in [4.69, 9.17) is 0 Å². The van der Waals surface area contributed by atoms with Crippen LogP contribution in [0.15, 0.2) is 59.6 Å². The van der Waals surface area contributed by atoms with E-state index in [2.05, 4.69) is 33.1 Å². The SMILES string of the molecule is Cc1ccc(CN=C(NCCC(=O)NC2CCS(=O)(=O)C2)Nc2ccccc2)cc1.I. The lowest BCUT2D eigenvalue weighted by molar-refractivity contribution is -0.121. The highest BCUT2D eigenvalue weighted by Gasteiger charge is 2.28. The van der Waals surface area contributed by atoms with Crippen LogP contribution in [0.3, 0.4) is 0 Å². The Kier molecular flexibility index (Phi) is 9.76. The molecule has 1 fully saturated rings. The predicted octanol–water partition coefficient (Wildman–Crippen LogP) is 2.86. The fraction of sp³-hybridized carbons (Fsp3) is 0.364.